The van der Waals surface area contributed by atoms with E-state index in [1.165, 1.54) is 17.9 Å². The van der Waals surface area contributed by atoms with Gasteiger partial charge in [0.25, 0.3) is 0 Å². The SMILES string of the molecule is CCCCCN1CCCN(N)C1=O. The minimum Gasteiger partial charge on any atom is -0.323 e. The molecule has 1 rings (SSSR count). The number of nitrogens with zero attached hydrogens (tertiary/aromatic N) is 2. The van der Waals surface area contributed by atoms with Crippen LogP contribution in [0.25, 0.3) is 0 Å². The van der Waals surface area contributed by atoms with Crippen LogP contribution in [-0.4, -0.2) is 35.6 Å². The molecule has 2 amide bonds. The number of nitrogens with two attached hydrogens (primary N) is 1. The predicted octanol–water partition coefficient (Wildman–Crippen LogP) is 1.18. The van der Waals surface area contributed by atoms with E-state index < -0.39 is 0 Å². The standard InChI is InChI=1S/C9H19N3O/c1-2-3-4-6-11-7-5-8-12(10)9(11)13/h2-8,10H2,1H3. The molecule has 0 aromatic rings. The van der Waals surface area contributed by atoms with Gasteiger partial charge in [-0.1, -0.05) is 19.8 Å². The van der Waals surface area contributed by atoms with E-state index in [0.29, 0.717) is 6.54 Å². The van der Waals surface area contributed by atoms with Gasteiger partial charge in [-0.2, -0.15) is 0 Å². The summed E-state index contributed by atoms with van der Waals surface area (Å²) in [5.74, 6) is 5.52. The van der Waals surface area contributed by atoms with Crippen LogP contribution in [0.1, 0.15) is 32.6 Å². The molecule has 0 aromatic carbocycles. The molecule has 1 heterocycles. The molecule has 1 saturated heterocycles. The first-order valence-electron chi connectivity index (χ1n) is 5.07. The maximum atomic E-state index is 11.4. The second-order valence-electron chi connectivity index (χ2n) is 3.52. The molecule has 76 valence electrons. The number of carbonyl (C=O) groups is 1. The fraction of sp³-hybridized carbons (Fsp3) is 0.889. The van der Waals surface area contributed by atoms with Crippen LogP contribution < -0.4 is 5.84 Å². The molecule has 0 aromatic heterocycles. The molecule has 0 atom stereocenters. The third-order valence-corrected chi connectivity index (χ3v) is 2.37. The zero-order valence-corrected chi connectivity index (χ0v) is 8.33. The fourth-order valence-corrected chi connectivity index (χ4v) is 1.56. The third kappa shape index (κ3) is 2.88. The molecule has 0 saturated carbocycles. The molecule has 0 aliphatic carbocycles. The summed E-state index contributed by atoms with van der Waals surface area (Å²) < 4.78 is 0. The molecule has 1 aliphatic rings. The zero-order valence-electron chi connectivity index (χ0n) is 8.33. The van der Waals surface area contributed by atoms with Crippen molar-refractivity contribution in [3.05, 3.63) is 0 Å². The van der Waals surface area contributed by atoms with Gasteiger partial charge in [0.2, 0.25) is 0 Å². The molecule has 0 spiro atoms. The summed E-state index contributed by atoms with van der Waals surface area (Å²) in [6, 6.07) is -0.0117. The Morgan fingerprint density at radius 1 is 1.38 bits per heavy atom. The van der Waals surface area contributed by atoms with Gasteiger partial charge in [-0.3, -0.25) is 5.01 Å². The van der Waals surface area contributed by atoms with Crippen LogP contribution in [0.15, 0.2) is 0 Å². The smallest absolute Gasteiger partial charge is 0.323 e. The van der Waals surface area contributed by atoms with Crippen molar-refractivity contribution >= 4 is 6.03 Å². The van der Waals surface area contributed by atoms with Crippen LogP contribution in [0.3, 0.4) is 0 Å². The highest BCUT2D eigenvalue weighted by atomic mass is 16.2. The highest BCUT2D eigenvalue weighted by molar-refractivity contribution is 5.74. The van der Waals surface area contributed by atoms with Gasteiger partial charge in [0.05, 0.1) is 0 Å². The van der Waals surface area contributed by atoms with Crippen LogP contribution in [0.2, 0.25) is 0 Å². The Morgan fingerprint density at radius 2 is 2.15 bits per heavy atom. The van der Waals surface area contributed by atoms with Gasteiger partial charge in [-0.25, -0.2) is 10.6 Å². The first-order valence-corrected chi connectivity index (χ1v) is 5.07. The number of urea groups is 1. The number of carbonyl (C=O) groups excluding carboxylic acids is 1. The summed E-state index contributed by atoms with van der Waals surface area (Å²) in [5.41, 5.74) is 0. The molecule has 4 nitrogen and oxygen atoms in total. The summed E-state index contributed by atoms with van der Waals surface area (Å²) in [4.78, 5) is 13.3. The Kier molecular flexibility index (Phi) is 4.02. The Morgan fingerprint density at radius 3 is 2.85 bits per heavy atom. The van der Waals surface area contributed by atoms with E-state index in [-0.39, 0.29) is 6.03 Å². The van der Waals surface area contributed by atoms with E-state index >= 15 is 0 Å². The summed E-state index contributed by atoms with van der Waals surface area (Å²) in [6.45, 7) is 4.59. The first kappa shape index (κ1) is 10.3. The van der Waals surface area contributed by atoms with Gasteiger partial charge < -0.3 is 4.90 Å². The molecular weight excluding hydrogens is 166 g/mol. The average Bonchev–Trinajstić information content (AvgIpc) is 2.13. The molecule has 4 heteroatoms. The number of hydrogen-bond donors (Lipinski definition) is 1. The van der Waals surface area contributed by atoms with E-state index in [9.17, 15) is 4.79 Å². The van der Waals surface area contributed by atoms with Gasteiger partial charge >= 0.3 is 6.03 Å². The number of rotatable bonds is 4. The lowest BCUT2D eigenvalue weighted by Crippen LogP contribution is -2.52. The predicted molar refractivity (Wildman–Crippen MR) is 52.0 cm³/mol. The van der Waals surface area contributed by atoms with Gasteiger partial charge in [0, 0.05) is 19.6 Å². The monoisotopic (exact) mass is 185 g/mol. The summed E-state index contributed by atoms with van der Waals surface area (Å²) in [7, 11) is 0. The highest BCUT2D eigenvalue weighted by Gasteiger charge is 2.22. The lowest BCUT2D eigenvalue weighted by Gasteiger charge is -2.32. The molecule has 1 fully saturated rings. The van der Waals surface area contributed by atoms with Crippen molar-refractivity contribution in [3.63, 3.8) is 0 Å². The molecule has 2 N–H and O–H groups in total. The van der Waals surface area contributed by atoms with Crippen LogP contribution >= 0.6 is 0 Å². The van der Waals surface area contributed by atoms with E-state index in [0.717, 1.165) is 25.9 Å². The van der Waals surface area contributed by atoms with Gasteiger partial charge in [0.15, 0.2) is 0 Å². The Hall–Kier alpha value is -0.770. The molecule has 1 aliphatic heterocycles. The van der Waals surface area contributed by atoms with Crippen molar-refractivity contribution in [2.75, 3.05) is 19.6 Å². The summed E-state index contributed by atoms with van der Waals surface area (Å²) >= 11 is 0. The van der Waals surface area contributed by atoms with Crippen LogP contribution in [0.5, 0.6) is 0 Å². The van der Waals surface area contributed by atoms with Gasteiger partial charge in [0.1, 0.15) is 0 Å². The maximum absolute atomic E-state index is 11.4. The summed E-state index contributed by atoms with van der Waals surface area (Å²) in [5, 5.41) is 1.31. The maximum Gasteiger partial charge on any atom is 0.334 e. The van der Waals surface area contributed by atoms with E-state index in [4.69, 9.17) is 5.84 Å². The molecule has 0 radical (unpaired) electrons. The minimum absolute atomic E-state index is 0.0117. The van der Waals surface area contributed by atoms with Crippen molar-refractivity contribution in [1.82, 2.24) is 9.91 Å². The third-order valence-electron chi connectivity index (χ3n) is 2.37. The van der Waals surface area contributed by atoms with Crippen molar-refractivity contribution in [2.45, 2.75) is 32.6 Å². The average molecular weight is 185 g/mol. The first-order chi connectivity index (χ1) is 6.25. The fourth-order valence-electron chi connectivity index (χ4n) is 1.56. The Balaban J connectivity index is 2.27. The lowest BCUT2D eigenvalue weighted by molar-refractivity contribution is 0.129. The lowest BCUT2D eigenvalue weighted by atomic mass is 10.2. The van der Waals surface area contributed by atoms with E-state index in [1.54, 1.807) is 0 Å². The molecule has 13 heavy (non-hydrogen) atoms. The number of hydrazine groups is 1. The topological polar surface area (TPSA) is 49.6 Å². The zero-order chi connectivity index (χ0) is 9.68. The van der Waals surface area contributed by atoms with Gasteiger partial charge in [-0.15, -0.1) is 0 Å². The van der Waals surface area contributed by atoms with Crippen molar-refractivity contribution < 1.29 is 4.79 Å². The van der Waals surface area contributed by atoms with Gasteiger partial charge in [-0.05, 0) is 12.8 Å². The van der Waals surface area contributed by atoms with Crippen molar-refractivity contribution in [2.24, 2.45) is 5.84 Å². The highest BCUT2D eigenvalue weighted by Crippen LogP contribution is 2.07. The van der Waals surface area contributed by atoms with E-state index in [2.05, 4.69) is 6.92 Å². The molecular formula is C9H19N3O. The number of unbranched alkanes of at least 4 members (excludes halogenated alkanes) is 2. The van der Waals surface area contributed by atoms with Crippen molar-refractivity contribution in [1.29, 1.82) is 0 Å². The van der Waals surface area contributed by atoms with Crippen LogP contribution in [0.4, 0.5) is 4.79 Å². The molecule has 0 bridgehead atoms. The second-order valence-corrected chi connectivity index (χ2v) is 3.52. The number of amides is 2. The normalized spacial score (nSPS) is 18.2. The van der Waals surface area contributed by atoms with Crippen LogP contribution in [0, 0.1) is 0 Å². The summed E-state index contributed by atoms with van der Waals surface area (Å²) in [6.07, 6.45) is 4.47. The Bertz CT molecular complexity index is 172. The minimum atomic E-state index is -0.0117. The van der Waals surface area contributed by atoms with E-state index in [1.807, 2.05) is 4.90 Å². The Labute approximate surface area is 79.6 Å². The molecule has 0 unspecified atom stereocenters. The van der Waals surface area contributed by atoms with Crippen molar-refractivity contribution in [3.8, 4) is 0 Å². The quantitative estimate of drug-likeness (QED) is 0.406. The second kappa shape index (κ2) is 5.07. The van der Waals surface area contributed by atoms with Crippen LogP contribution in [-0.2, 0) is 0 Å². The largest absolute Gasteiger partial charge is 0.334 e. The number of hydrogen-bond acceptors (Lipinski definition) is 2.